The fourth-order valence-electron chi connectivity index (χ4n) is 2.93. The first kappa shape index (κ1) is 24.8. The number of ether oxygens (including phenoxy) is 2. The number of rotatable bonds is 8. The molecule has 0 bridgehead atoms. The van der Waals surface area contributed by atoms with Gasteiger partial charge in [0.1, 0.15) is 28.7 Å². The number of esters is 1. The molecule has 1 heterocycles. The summed E-state index contributed by atoms with van der Waals surface area (Å²) in [7, 11) is 0. The predicted octanol–water partition coefficient (Wildman–Crippen LogP) is 6.22. The van der Waals surface area contributed by atoms with Gasteiger partial charge in [0, 0.05) is 10.9 Å². The van der Waals surface area contributed by atoms with Crippen LogP contribution in [0.3, 0.4) is 0 Å². The summed E-state index contributed by atoms with van der Waals surface area (Å²) in [6.07, 6.45) is 2.63. The average molecular weight is 530 g/mol. The Balaban J connectivity index is 1.77. The summed E-state index contributed by atoms with van der Waals surface area (Å²) in [4.78, 5) is 28.8. The van der Waals surface area contributed by atoms with Gasteiger partial charge < -0.3 is 14.6 Å². The topological polar surface area (TPSA) is 85.2 Å². The van der Waals surface area contributed by atoms with E-state index in [9.17, 15) is 14.7 Å². The molecule has 6 nitrogen and oxygen atoms in total. The van der Waals surface area contributed by atoms with Crippen LogP contribution in [0.5, 0.6) is 5.75 Å². The monoisotopic (exact) mass is 529 g/mol. The lowest BCUT2D eigenvalue weighted by Crippen LogP contribution is -2.14. The van der Waals surface area contributed by atoms with Gasteiger partial charge in [-0.2, -0.15) is 0 Å². The Hall–Kier alpha value is -2.84. The van der Waals surface area contributed by atoms with Crippen LogP contribution in [-0.4, -0.2) is 28.6 Å². The number of benzene rings is 2. The molecule has 0 spiro atoms. The molecule has 0 aromatic heterocycles. The number of carbonyl (C=O) groups is 2. The molecule has 0 atom stereocenters. The Kier molecular flexibility index (Phi) is 8.91. The van der Waals surface area contributed by atoms with E-state index in [1.807, 2.05) is 55.5 Å². The number of aliphatic hydroxyl groups excluding tert-OH is 1. The van der Waals surface area contributed by atoms with Crippen LogP contribution in [0.2, 0.25) is 0 Å². The van der Waals surface area contributed by atoms with Gasteiger partial charge in [-0.1, -0.05) is 58.9 Å². The second-order valence-corrected chi connectivity index (χ2v) is 9.05. The number of carbonyl (C=O) groups excluding carboxylic acids is 2. The maximum absolute atomic E-state index is 12.4. The van der Waals surface area contributed by atoms with E-state index in [-0.39, 0.29) is 35.3 Å². The Morgan fingerprint density at radius 3 is 2.42 bits per heavy atom. The molecule has 0 saturated heterocycles. The largest absolute Gasteiger partial charge is 0.506 e. The highest BCUT2D eigenvalue weighted by atomic mass is 79.9. The van der Waals surface area contributed by atoms with Crippen LogP contribution in [0, 0.1) is 0 Å². The highest BCUT2D eigenvalue weighted by Gasteiger charge is 2.33. The lowest BCUT2D eigenvalue weighted by Gasteiger charge is -2.07. The number of amides is 1. The number of hydrogen-bond acceptors (Lipinski definition) is 6. The fraction of sp³-hybridized carbons (Fsp3) is 0.240. The average Bonchev–Trinajstić information content (AvgIpc) is 3.09. The van der Waals surface area contributed by atoms with Crippen molar-refractivity contribution in [3.8, 4) is 5.75 Å². The second kappa shape index (κ2) is 11.9. The minimum Gasteiger partial charge on any atom is -0.506 e. The van der Waals surface area contributed by atoms with E-state index in [1.165, 1.54) is 0 Å². The first-order chi connectivity index (χ1) is 15.9. The van der Waals surface area contributed by atoms with E-state index in [2.05, 4.69) is 20.9 Å². The lowest BCUT2D eigenvalue weighted by atomic mass is 10.1. The van der Waals surface area contributed by atoms with Crippen molar-refractivity contribution in [2.75, 3.05) is 6.61 Å². The second-order valence-electron chi connectivity index (χ2n) is 7.10. The number of halogens is 1. The van der Waals surface area contributed by atoms with E-state index >= 15 is 0 Å². The van der Waals surface area contributed by atoms with Crippen LogP contribution >= 0.6 is 27.7 Å². The highest BCUT2D eigenvalue weighted by molar-refractivity contribution is 9.10. The van der Waals surface area contributed by atoms with E-state index in [4.69, 9.17) is 9.47 Å². The summed E-state index contributed by atoms with van der Waals surface area (Å²) in [5.41, 5.74) is 1.77. The summed E-state index contributed by atoms with van der Waals surface area (Å²) in [5.74, 6) is -0.579. The number of aliphatic imine (C=N–C) groups is 1. The quantitative estimate of drug-likeness (QED) is 0.408. The molecule has 3 rings (SSSR count). The molecule has 1 aliphatic rings. The molecule has 0 aliphatic carbocycles. The van der Waals surface area contributed by atoms with Crippen LogP contribution < -0.4 is 4.74 Å². The van der Waals surface area contributed by atoms with Crippen molar-refractivity contribution in [3.63, 3.8) is 0 Å². The summed E-state index contributed by atoms with van der Waals surface area (Å²) in [5, 5.41) is 10.8. The zero-order valence-corrected chi connectivity index (χ0v) is 20.7. The van der Waals surface area contributed by atoms with E-state index in [1.54, 1.807) is 13.0 Å². The number of hydrogen-bond donors (Lipinski definition) is 1. The van der Waals surface area contributed by atoms with Gasteiger partial charge in [0.25, 0.3) is 0 Å². The molecule has 33 heavy (non-hydrogen) atoms. The molecule has 2 aromatic rings. The SMILES string of the molecule is CCCC(=O)N=C1S/C(=C\c2ccc(OCc3ccc(Br)cc3)cc2)C(O)=C1C(=O)OCC. The zero-order chi connectivity index (χ0) is 23.8. The Bertz CT molecular complexity index is 1100. The van der Waals surface area contributed by atoms with E-state index in [0.29, 0.717) is 23.7 Å². The maximum atomic E-state index is 12.4. The van der Waals surface area contributed by atoms with Crippen molar-refractivity contribution < 1.29 is 24.2 Å². The van der Waals surface area contributed by atoms with Gasteiger partial charge in [0.05, 0.1) is 11.5 Å². The van der Waals surface area contributed by atoms with Gasteiger partial charge in [-0.25, -0.2) is 9.79 Å². The maximum Gasteiger partial charge on any atom is 0.344 e. The van der Waals surface area contributed by atoms with Crippen LogP contribution in [-0.2, 0) is 20.9 Å². The standard InChI is InChI=1S/C25H24BrNO5S/c1-3-5-21(28)27-24-22(25(30)31-4-2)23(29)20(33-24)14-16-8-12-19(13-9-16)32-15-17-6-10-18(26)11-7-17/h6-14,29H,3-5,15H2,1-2H3/b20-14-,27-24?. The normalized spacial score (nSPS) is 15.8. The molecule has 2 aromatic carbocycles. The van der Waals surface area contributed by atoms with Gasteiger partial charge in [0.15, 0.2) is 0 Å². The van der Waals surface area contributed by atoms with Crippen molar-refractivity contribution in [2.45, 2.75) is 33.3 Å². The predicted molar refractivity (Wildman–Crippen MR) is 134 cm³/mol. The first-order valence-electron chi connectivity index (χ1n) is 10.5. The molecular weight excluding hydrogens is 506 g/mol. The number of nitrogens with zero attached hydrogens (tertiary/aromatic N) is 1. The third-order valence-electron chi connectivity index (χ3n) is 4.56. The van der Waals surface area contributed by atoms with E-state index in [0.717, 1.165) is 27.4 Å². The van der Waals surface area contributed by atoms with Crippen LogP contribution in [0.4, 0.5) is 0 Å². The molecule has 0 unspecified atom stereocenters. The van der Waals surface area contributed by atoms with Gasteiger partial charge in [-0.3, -0.25) is 4.79 Å². The summed E-state index contributed by atoms with van der Waals surface area (Å²) in [6.45, 7) is 4.14. The molecule has 172 valence electrons. The van der Waals surface area contributed by atoms with Crippen molar-refractivity contribution in [1.82, 2.24) is 0 Å². The molecule has 0 saturated carbocycles. The summed E-state index contributed by atoms with van der Waals surface area (Å²) in [6, 6.07) is 15.3. The van der Waals surface area contributed by atoms with Crippen LogP contribution in [0.25, 0.3) is 6.08 Å². The minimum atomic E-state index is -0.703. The molecular formula is C25H24BrNO5S. The molecule has 1 N–H and O–H groups in total. The third-order valence-corrected chi connectivity index (χ3v) is 6.11. The zero-order valence-electron chi connectivity index (χ0n) is 18.3. The van der Waals surface area contributed by atoms with Gasteiger partial charge >= 0.3 is 5.97 Å². The van der Waals surface area contributed by atoms with Crippen molar-refractivity contribution in [3.05, 3.63) is 80.4 Å². The van der Waals surface area contributed by atoms with Gasteiger partial charge in [0.2, 0.25) is 5.91 Å². The van der Waals surface area contributed by atoms with Crippen molar-refractivity contribution >= 4 is 50.7 Å². The fourth-order valence-corrected chi connectivity index (χ4v) is 4.23. The van der Waals surface area contributed by atoms with Gasteiger partial charge in [-0.15, -0.1) is 0 Å². The first-order valence-corrected chi connectivity index (χ1v) is 12.1. The number of aliphatic hydroxyl groups is 1. The minimum absolute atomic E-state index is 0.0768. The van der Waals surface area contributed by atoms with Crippen molar-refractivity contribution in [1.29, 1.82) is 0 Å². The molecule has 0 radical (unpaired) electrons. The van der Waals surface area contributed by atoms with Crippen molar-refractivity contribution in [2.24, 2.45) is 4.99 Å². The lowest BCUT2D eigenvalue weighted by molar-refractivity contribution is -0.138. The molecule has 1 aliphatic heterocycles. The summed E-state index contributed by atoms with van der Waals surface area (Å²) < 4.78 is 11.9. The molecule has 1 amide bonds. The van der Waals surface area contributed by atoms with Gasteiger partial charge in [-0.05, 0) is 54.8 Å². The Morgan fingerprint density at radius 2 is 1.79 bits per heavy atom. The Morgan fingerprint density at radius 1 is 1.09 bits per heavy atom. The molecule has 8 heteroatoms. The Labute approximate surface area is 205 Å². The van der Waals surface area contributed by atoms with Crippen LogP contribution in [0.1, 0.15) is 37.8 Å². The number of thioether (sulfide) groups is 1. The summed E-state index contributed by atoms with van der Waals surface area (Å²) >= 11 is 4.49. The van der Waals surface area contributed by atoms with Crippen LogP contribution in [0.15, 0.2) is 74.2 Å². The smallest absolute Gasteiger partial charge is 0.344 e. The third kappa shape index (κ3) is 6.82. The molecule has 0 fully saturated rings. The highest BCUT2D eigenvalue weighted by Crippen LogP contribution is 2.39. The van der Waals surface area contributed by atoms with E-state index < -0.39 is 5.97 Å².